The van der Waals surface area contributed by atoms with Gasteiger partial charge in [-0.05, 0) is 24.0 Å². The summed E-state index contributed by atoms with van der Waals surface area (Å²) in [5.41, 5.74) is 2.24. The minimum Gasteiger partial charge on any atom is -0.195 e. The lowest BCUT2D eigenvalue weighted by molar-refractivity contribution is 0.568. The highest BCUT2D eigenvalue weighted by Gasteiger charge is 2.24. The molecular weight excluding hydrogens is 222 g/mol. The lowest BCUT2D eigenvalue weighted by Gasteiger charge is -2.10. The molecule has 0 heterocycles. The maximum Gasteiger partial charge on any atom is 0.297 e. The van der Waals surface area contributed by atoms with Gasteiger partial charge in [-0.1, -0.05) is 24.3 Å². The third-order valence-electron chi connectivity index (χ3n) is 2.42. The Hall–Kier alpha value is -0.580. The molecule has 0 bridgehead atoms. The van der Waals surface area contributed by atoms with E-state index in [1.54, 1.807) is 0 Å². The molecule has 1 aliphatic rings. The third kappa shape index (κ3) is 2.08. The zero-order chi connectivity index (χ0) is 10.2. The minimum atomic E-state index is -3.63. The smallest absolute Gasteiger partial charge is 0.195 e. The fourth-order valence-electron chi connectivity index (χ4n) is 1.85. The molecule has 0 aliphatic heterocycles. The minimum absolute atomic E-state index is 0.159. The fourth-order valence-corrected chi connectivity index (χ4v) is 2.76. The third-order valence-corrected chi connectivity index (χ3v) is 3.25. The zero-order valence-electron chi connectivity index (χ0n) is 7.40. The van der Waals surface area contributed by atoms with Gasteiger partial charge in [0.25, 0.3) is 9.24 Å². The van der Waals surface area contributed by atoms with Crippen molar-refractivity contribution in [1.29, 1.82) is 0 Å². The van der Waals surface area contributed by atoms with Gasteiger partial charge in [0.1, 0.15) is 0 Å². The van der Waals surface area contributed by atoms with E-state index in [9.17, 15) is 8.42 Å². The molecule has 0 saturated carbocycles. The lowest BCUT2D eigenvalue weighted by atomic mass is 10.1. The summed E-state index contributed by atoms with van der Waals surface area (Å²) in [5, 5.41) is 0. The second-order valence-electron chi connectivity index (χ2n) is 3.35. The van der Waals surface area contributed by atoms with Gasteiger partial charge in [0, 0.05) is 16.7 Å². The second kappa shape index (κ2) is 3.53. The first-order chi connectivity index (χ1) is 6.56. The molecule has 0 spiro atoms. The molecule has 0 radical (unpaired) electrons. The van der Waals surface area contributed by atoms with Crippen LogP contribution in [0.25, 0.3) is 0 Å². The van der Waals surface area contributed by atoms with Crippen molar-refractivity contribution in [3.8, 4) is 0 Å². The van der Waals surface area contributed by atoms with Crippen molar-refractivity contribution in [2.75, 3.05) is 0 Å². The van der Waals surface area contributed by atoms with Gasteiger partial charge in [0.2, 0.25) is 0 Å². The summed E-state index contributed by atoms with van der Waals surface area (Å²) in [4.78, 5) is 0. The Labute approximate surface area is 87.6 Å². The monoisotopic (exact) mass is 231 g/mol. The van der Waals surface area contributed by atoms with Gasteiger partial charge in [0.05, 0.1) is 0 Å². The Morgan fingerprint density at radius 3 is 2.79 bits per heavy atom. The molecule has 1 N–H and O–H groups in total. The Bertz CT molecular complexity index is 444. The van der Waals surface area contributed by atoms with Crippen LogP contribution in [0.2, 0.25) is 0 Å². The molecule has 2 rings (SSSR count). The van der Waals surface area contributed by atoms with Crippen LogP contribution in [0.1, 0.15) is 23.6 Å². The fraction of sp³-hybridized carbons (Fsp3) is 0.333. The molecule has 0 fully saturated rings. The van der Waals surface area contributed by atoms with Crippen LogP contribution in [0, 0.1) is 0 Å². The Morgan fingerprint density at radius 1 is 1.36 bits per heavy atom. The van der Waals surface area contributed by atoms with E-state index in [-0.39, 0.29) is 6.04 Å². The number of fused-ring (bicyclic) bond motifs is 1. The molecule has 1 atom stereocenters. The summed E-state index contributed by atoms with van der Waals surface area (Å²) in [7, 11) is 1.51. The summed E-state index contributed by atoms with van der Waals surface area (Å²) >= 11 is 0. The molecule has 1 aliphatic carbocycles. The maximum absolute atomic E-state index is 10.9. The standard InChI is InChI=1S/C9H10ClNO2S/c10-14(12,13)11-9-6-5-7-3-1-2-4-8(7)9/h1-4,9,11H,5-6H2. The average molecular weight is 232 g/mol. The van der Waals surface area contributed by atoms with E-state index in [0.717, 1.165) is 18.4 Å². The predicted octanol–water partition coefficient (Wildman–Crippen LogP) is 1.75. The van der Waals surface area contributed by atoms with Crippen LogP contribution in [-0.4, -0.2) is 8.42 Å². The molecule has 0 amide bonds. The Morgan fingerprint density at radius 2 is 2.07 bits per heavy atom. The number of nitrogens with one attached hydrogen (secondary N) is 1. The maximum atomic E-state index is 10.9. The average Bonchev–Trinajstić information content (AvgIpc) is 2.47. The second-order valence-corrected chi connectivity index (χ2v) is 5.68. The van der Waals surface area contributed by atoms with E-state index in [4.69, 9.17) is 10.7 Å². The summed E-state index contributed by atoms with van der Waals surface area (Å²) in [5.74, 6) is 0. The highest BCUT2D eigenvalue weighted by molar-refractivity contribution is 8.12. The van der Waals surface area contributed by atoms with Crippen molar-refractivity contribution in [3.05, 3.63) is 35.4 Å². The molecular formula is C9H10ClNO2S. The predicted molar refractivity (Wildman–Crippen MR) is 55.4 cm³/mol. The number of halogens is 1. The van der Waals surface area contributed by atoms with Crippen molar-refractivity contribution < 1.29 is 8.42 Å². The quantitative estimate of drug-likeness (QED) is 0.789. The largest absolute Gasteiger partial charge is 0.297 e. The van der Waals surface area contributed by atoms with E-state index in [1.807, 2.05) is 24.3 Å². The summed E-state index contributed by atoms with van der Waals surface area (Å²) in [6.07, 6.45) is 1.69. The van der Waals surface area contributed by atoms with Gasteiger partial charge in [0.15, 0.2) is 0 Å². The number of aryl methyl sites for hydroxylation is 1. The molecule has 5 heteroatoms. The van der Waals surface area contributed by atoms with Gasteiger partial charge in [-0.2, -0.15) is 13.1 Å². The molecule has 0 saturated heterocycles. The van der Waals surface area contributed by atoms with Crippen molar-refractivity contribution in [2.24, 2.45) is 0 Å². The summed E-state index contributed by atoms with van der Waals surface area (Å²) in [6.45, 7) is 0. The highest BCUT2D eigenvalue weighted by atomic mass is 35.7. The SMILES string of the molecule is O=S(=O)(Cl)NC1CCc2ccccc21. The van der Waals surface area contributed by atoms with Crippen LogP contribution in [0.5, 0.6) is 0 Å². The van der Waals surface area contributed by atoms with Gasteiger partial charge >= 0.3 is 0 Å². The van der Waals surface area contributed by atoms with E-state index < -0.39 is 9.24 Å². The topological polar surface area (TPSA) is 46.2 Å². The van der Waals surface area contributed by atoms with E-state index >= 15 is 0 Å². The normalized spacial score (nSPS) is 20.8. The highest BCUT2D eigenvalue weighted by Crippen LogP contribution is 2.31. The van der Waals surface area contributed by atoms with Crippen LogP contribution in [-0.2, 0) is 15.7 Å². The molecule has 1 aromatic carbocycles. The molecule has 76 valence electrons. The first-order valence-electron chi connectivity index (χ1n) is 4.36. The number of benzene rings is 1. The van der Waals surface area contributed by atoms with Crippen LogP contribution in [0.4, 0.5) is 0 Å². The van der Waals surface area contributed by atoms with Crippen molar-refractivity contribution in [2.45, 2.75) is 18.9 Å². The van der Waals surface area contributed by atoms with Gasteiger partial charge in [-0.3, -0.25) is 0 Å². The van der Waals surface area contributed by atoms with Gasteiger partial charge < -0.3 is 0 Å². The van der Waals surface area contributed by atoms with Crippen molar-refractivity contribution in [1.82, 2.24) is 4.72 Å². The Balaban J connectivity index is 2.27. The molecule has 1 unspecified atom stereocenters. The first kappa shape index (κ1) is 9.96. The summed E-state index contributed by atoms with van der Waals surface area (Å²) < 4.78 is 24.1. The van der Waals surface area contributed by atoms with Crippen molar-refractivity contribution >= 4 is 19.9 Å². The number of hydrogen-bond donors (Lipinski definition) is 1. The van der Waals surface area contributed by atoms with E-state index in [1.165, 1.54) is 5.56 Å². The molecule has 1 aromatic rings. The molecule has 3 nitrogen and oxygen atoms in total. The van der Waals surface area contributed by atoms with Crippen LogP contribution < -0.4 is 4.72 Å². The molecule has 0 aromatic heterocycles. The van der Waals surface area contributed by atoms with E-state index in [0.29, 0.717) is 0 Å². The Kier molecular flexibility index (Phi) is 2.51. The molecule has 14 heavy (non-hydrogen) atoms. The lowest BCUT2D eigenvalue weighted by Crippen LogP contribution is -2.22. The van der Waals surface area contributed by atoms with Gasteiger partial charge in [-0.25, -0.2) is 0 Å². The number of hydrogen-bond acceptors (Lipinski definition) is 2. The van der Waals surface area contributed by atoms with E-state index in [2.05, 4.69) is 4.72 Å². The van der Waals surface area contributed by atoms with Crippen molar-refractivity contribution in [3.63, 3.8) is 0 Å². The van der Waals surface area contributed by atoms with Crippen LogP contribution in [0.3, 0.4) is 0 Å². The summed E-state index contributed by atoms with van der Waals surface area (Å²) in [6, 6.07) is 7.64. The zero-order valence-corrected chi connectivity index (χ0v) is 8.98. The van der Waals surface area contributed by atoms with Gasteiger partial charge in [-0.15, -0.1) is 0 Å². The first-order valence-corrected chi connectivity index (χ1v) is 6.67. The van der Waals surface area contributed by atoms with Crippen LogP contribution in [0.15, 0.2) is 24.3 Å². The number of rotatable bonds is 2. The van der Waals surface area contributed by atoms with Crippen LogP contribution >= 0.6 is 10.7 Å².